The Balaban J connectivity index is 1.55. The molecule has 28 heavy (non-hydrogen) atoms. The number of thioether (sulfide) groups is 1. The van der Waals surface area contributed by atoms with Crippen LogP contribution in [0.3, 0.4) is 0 Å². The van der Waals surface area contributed by atoms with E-state index in [1.165, 1.54) is 6.07 Å². The maximum absolute atomic E-state index is 13.6. The average Bonchev–Trinajstić information content (AvgIpc) is 2.66. The summed E-state index contributed by atoms with van der Waals surface area (Å²) in [5.41, 5.74) is -0.903. The maximum atomic E-state index is 13.6. The van der Waals surface area contributed by atoms with Gasteiger partial charge in [0.2, 0.25) is 5.91 Å². The fourth-order valence-electron chi connectivity index (χ4n) is 2.78. The molecule has 0 atom stereocenters. The van der Waals surface area contributed by atoms with Gasteiger partial charge in [0.25, 0.3) is 0 Å². The normalized spacial score (nSPS) is 15.0. The Kier molecular flexibility index (Phi) is 6.34. The summed E-state index contributed by atoms with van der Waals surface area (Å²) < 4.78 is 51.8. The number of piperazine rings is 1. The second kappa shape index (κ2) is 8.57. The van der Waals surface area contributed by atoms with Gasteiger partial charge < -0.3 is 9.80 Å². The van der Waals surface area contributed by atoms with Gasteiger partial charge >= 0.3 is 6.18 Å². The number of pyridine rings is 1. The highest BCUT2D eigenvalue weighted by atomic mass is 35.5. The van der Waals surface area contributed by atoms with E-state index in [1.807, 2.05) is 0 Å². The first-order valence-electron chi connectivity index (χ1n) is 8.38. The summed E-state index contributed by atoms with van der Waals surface area (Å²) in [5.74, 6) is -0.116. The average molecular weight is 434 g/mol. The molecule has 0 saturated carbocycles. The lowest BCUT2D eigenvalue weighted by molar-refractivity contribution is -0.137. The second-order valence-corrected chi connectivity index (χ2v) is 7.54. The molecule has 0 spiro atoms. The zero-order valence-electron chi connectivity index (χ0n) is 14.5. The Bertz CT molecular complexity index is 857. The minimum Gasteiger partial charge on any atom is -0.352 e. The third kappa shape index (κ3) is 4.88. The Labute approximate surface area is 168 Å². The van der Waals surface area contributed by atoms with Crippen LogP contribution in [-0.2, 0) is 11.0 Å². The predicted molar refractivity (Wildman–Crippen MR) is 100 cm³/mol. The molecule has 1 saturated heterocycles. The first-order chi connectivity index (χ1) is 13.3. The molecule has 3 rings (SSSR count). The summed E-state index contributed by atoms with van der Waals surface area (Å²) in [6, 6.07) is 7.10. The molecule has 0 N–H and O–H groups in total. The summed E-state index contributed by atoms with van der Waals surface area (Å²) in [5, 5.41) is -0.0790. The first kappa shape index (κ1) is 20.7. The van der Waals surface area contributed by atoms with Crippen molar-refractivity contribution < 1.29 is 22.4 Å². The number of halogens is 5. The van der Waals surface area contributed by atoms with Gasteiger partial charge in [-0.05, 0) is 18.2 Å². The van der Waals surface area contributed by atoms with Crippen molar-refractivity contribution in [2.45, 2.75) is 11.1 Å². The van der Waals surface area contributed by atoms with E-state index in [4.69, 9.17) is 11.6 Å². The van der Waals surface area contributed by atoms with Crippen molar-refractivity contribution in [3.05, 3.63) is 52.9 Å². The van der Waals surface area contributed by atoms with Crippen molar-refractivity contribution in [1.82, 2.24) is 9.88 Å². The molecular weight excluding hydrogens is 418 g/mol. The van der Waals surface area contributed by atoms with Gasteiger partial charge in [-0.2, -0.15) is 13.2 Å². The lowest BCUT2D eigenvalue weighted by Crippen LogP contribution is -2.49. The molecule has 2 aromatic rings. The molecule has 0 radical (unpaired) electrons. The van der Waals surface area contributed by atoms with Crippen molar-refractivity contribution >= 4 is 35.1 Å². The molecule has 1 aromatic heterocycles. The number of amides is 1. The number of aromatic nitrogens is 1. The molecule has 2 heterocycles. The topological polar surface area (TPSA) is 36.4 Å². The predicted octanol–water partition coefficient (Wildman–Crippen LogP) is 4.33. The smallest absolute Gasteiger partial charge is 0.352 e. The molecule has 0 bridgehead atoms. The molecule has 10 heteroatoms. The van der Waals surface area contributed by atoms with E-state index in [-0.39, 0.29) is 28.3 Å². The van der Waals surface area contributed by atoms with Crippen LogP contribution < -0.4 is 4.90 Å². The summed E-state index contributed by atoms with van der Waals surface area (Å²) >= 11 is 7.11. The quantitative estimate of drug-likeness (QED) is 0.531. The van der Waals surface area contributed by atoms with E-state index < -0.39 is 11.7 Å². The van der Waals surface area contributed by atoms with Crippen LogP contribution in [0.15, 0.2) is 41.4 Å². The molecule has 1 aliphatic heterocycles. The SMILES string of the molecule is O=C(CSc1ccccc1F)N1CCN(c2ncc(C(F)(F)F)cc2Cl)CC1. The van der Waals surface area contributed by atoms with Crippen LogP contribution in [0.1, 0.15) is 5.56 Å². The molecule has 0 aliphatic carbocycles. The van der Waals surface area contributed by atoms with Crippen molar-refractivity contribution in [2.24, 2.45) is 0 Å². The zero-order chi connectivity index (χ0) is 20.3. The number of anilines is 1. The Morgan fingerprint density at radius 1 is 1.18 bits per heavy atom. The number of rotatable bonds is 4. The lowest BCUT2D eigenvalue weighted by atomic mass is 10.2. The van der Waals surface area contributed by atoms with E-state index in [1.54, 1.807) is 28.0 Å². The number of nitrogens with zero attached hydrogens (tertiary/aromatic N) is 3. The largest absolute Gasteiger partial charge is 0.417 e. The van der Waals surface area contributed by atoms with Gasteiger partial charge in [0.15, 0.2) is 0 Å². The van der Waals surface area contributed by atoms with Crippen LogP contribution in [0.4, 0.5) is 23.4 Å². The molecule has 4 nitrogen and oxygen atoms in total. The van der Waals surface area contributed by atoms with E-state index >= 15 is 0 Å². The van der Waals surface area contributed by atoms with Crippen molar-refractivity contribution in [3.63, 3.8) is 0 Å². The molecule has 1 fully saturated rings. The molecular formula is C18H16ClF4N3OS. The molecule has 1 amide bonds. The van der Waals surface area contributed by atoms with Crippen molar-refractivity contribution in [2.75, 3.05) is 36.8 Å². The van der Waals surface area contributed by atoms with E-state index in [2.05, 4.69) is 4.98 Å². The van der Waals surface area contributed by atoms with Crippen LogP contribution in [-0.4, -0.2) is 47.7 Å². The van der Waals surface area contributed by atoms with Crippen LogP contribution in [0.25, 0.3) is 0 Å². The Morgan fingerprint density at radius 3 is 2.46 bits per heavy atom. The molecule has 1 aliphatic rings. The summed E-state index contributed by atoms with van der Waals surface area (Å²) in [6.45, 7) is 1.56. The first-order valence-corrected chi connectivity index (χ1v) is 9.75. The number of carbonyl (C=O) groups excluding carboxylic acids is 1. The number of hydrogen-bond donors (Lipinski definition) is 0. The highest BCUT2D eigenvalue weighted by molar-refractivity contribution is 8.00. The standard InChI is InChI=1S/C18H16ClF4N3OS/c19-13-9-12(18(21,22)23)10-24-17(13)26-7-5-25(6-8-26)16(27)11-28-15-4-2-1-3-14(15)20/h1-4,9-10H,5-8,11H2. The monoisotopic (exact) mass is 433 g/mol. The van der Waals surface area contributed by atoms with E-state index in [9.17, 15) is 22.4 Å². The van der Waals surface area contributed by atoms with Gasteiger partial charge in [-0.15, -0.1) is 11.8 Å². The Morgan fingerprint density at radius 2 is 1.86 bits per heavy atom. The van der Waals surface area contributed by atoms with Crippen molar-refractivity contribution in [1.29, 1.82) is 0 Å². The second-order valence-electron chi connectivity index (χ2n) is 6.11. The minimum atomic E-state index is -4.50. The van der Waals surface area contributed by atoms with Crippen LogP contribution >= 0.6 is 23.4 Å². The van der Waals surface area contributed by atoms with E-state index in [0.29, 0.717) is 31.1 Å². The molecule has 1 aromatic carbocycles. The minimum absolute atomic E-state index is 0.0790. The fraction of sp³-hybridized carbons (Fsp3) is 0.333. The van der Waals surface area contributed by atoms with Gasteiger partial charge in [-0.25, -0.2) is 9.37 Å². The van der Waals surface area contributed by atoms with Crippen molar-refractivity contribution in [3.8, 4) is 0 Å². The molecule has 150 valence electrons. The molecule has 0 unspecified atom stereocenters. The van der Waals surface area contributed by atoms with E-state index in [0.717, 1.165) is 24.0 Å². The van der Waals surface area contributed by atoms with Crippen LogP contribution in [0.2, 0.25) is 5.02 Å². The number of carbonyl (C=O) groups is 1. The zero-order valence-corrected chi connectivity index (χ0v) is 16.1. The third-order valence-electron chi connectivity index (χ3n) is 4.27. The Hall–Kier alpha value is -2.00. The number of benzene rings is 1. The highest BCUT2D eigenvalue weighted by Gasteiger charge is 2.32. The van der Waals surface area contributed by atoms with Gasteiger partial charge in [0.05, 0.1) is 16.3 Å². The maximum Gasteiger partial charge on any atom is 0.417 e. The summed E-state index contributed by atoms with van der Waals surface area (Å²) in [7, 11) is 0. The highest BCUT2D eigenvalue weighted by Crippen LogP contribution is 2.33. The van der Waals surface area contributed by atoms with Gasteiger partial charge in [-0.3, -0.25) is 4.79 Å². The number of hydrogen-bond acceptors (Lipinski definition) is 4. The lowest BCUT2D eigenvalue weighted by Gasteiger charge is -2.35. The number of alkyl halides is 3. The summed E-state index contributed by atoms with van der Waals surface area (Å²) in [4.78, 5) is 20.0. The fourth-order valence-corrected chi connectivity index (χ4v) is 3.91. The van der Waals surface area contributed by atoms with Gasteiger partial charge in [-0.1, -0.05) is 23.7 Å². The van der Waals surface area contributed by atoms with Crippen LogP contribution in [0.5, 0.6) is 0 Å². The van der Waals surface area contributed by atoms with Gasteiger partial charge in [0.1, 0.15) is 11.6 Å². The third-order valence-corrected chi connectivity index (χ3v) is 5.58. The van der Waals surface area contributed by atoms with Crippen LogP contribution in [0, 0.1) is 5.82 Å². The summed E-state index contributed by atoms with van der Waals surface area (Å²) in [6.07, 6.45) is -3.75. The van der Waals surface area contributed by atoms with Gasteiger partial charge in [0, 0.05) is 37.3 Å².